The Morgan fingerprint density at radius 2 is 1.03 bits per heavy atom. The molecular weight excluding hydrogens is 408 g/mol. The molecule has 0 radical (unpaired) electrons. The second-order valence-electron chi connectivity index (χ2n) is 9.39. The summed E-state index contributed by atoms with van der Waals surface area (Å²) in [4.78, 5) is 23.1. The molecule has 2 aromatic carbocycles. The number of esters is 2. The monoisotopic (exact) mass is 440 g/mol. The van der Waals surface area contributed by atoms with Crippen LogP contribution in [0.4, 0.5) is 0 Å². The fourth-order valence-corrected chi connectivity index (χ4v) is 4.03. The van der Waals surface area contributed by atoms with Crippen LogP contribution in [0.2, 0.25) is 0 Å². The average molecular weight is 441 g/mol. The summed E-state index contributed by atoms with van der Waals surface area (Å²) in [5.74, 6) is -0.650. The van der Waals surface area contributed by atoms with Crippen LogP contribution in [0.15, 0.2) is 60.7 Å². The van der Waals surface area contributed by atoms with Gasteiger partial charge in [0.15, 0.2) is 0 Å². The van der Waals surface area contributed by atoms with Gasteiger partial charge in [0.1, 0.15) is 13.2 Å². The lowest BCUT2D eigenvalue weighted by molar-refractivity contribution is -0.164. The SMILES string of the molecule is CC1(O)CC(C(=O)OCc2ccccc2)C1.CC1(O)CC(C(=O)OCc2ccccc2)C1. The summed E-state index contributed by atoms with van der Waals surface area (Å²) in [6, 6.07) is 19.2. The van der Waals surface area contributed by atoms with Crippen molar-refractivity contribution in [3.8, 4) is 0 Å². The van der Waals surface area contributed by atoms with Gasteiger partial charge in [0, 0.05) is 0 Å². The summed E-state index contributed by atoms with van der Waals surface area (Å²) in [7, 11) is 0. The van der Waals surface area contributed by atoms with E-state index in [0.29, 0.717) is 38.9 Å². The molecule has 2 aliphatic rings. The molecule has 2 aromatic rings. The maximum Gasteiger partial charge on any atom is 0.309 e. The molecule has 6 nitrogen and oxygen atoms in total. The molecule has 6 heteroatoms. The lowest BCUT2D eigenvalue weighted by Crippen LogP contribution is -2.44. The van der Waals surface area contributed by atoms with Gasteiger partial charge < -0.3 is 19.7 Å². The molecule has 0 atom stereocenters. The van der Waals surface area contributed by atoms with Gasteiger partial charge in [-0.05, 0) is 50.7 Å². The molecule has 2 saturated carbocycles. The first-order chi connectivity index (χ1) is 15.1. The lowest BCUT2D eigenvalue weighted by atomic mass is 9.72. The van der Waals surface area contributed by atoms with Crippen LogP contribution in [0.5, 0.6) is 0 Å². The van der Waals surface area contributed by atoms with Gasteiger partial charge in [0.25, 0.3) is 0 Å². The van der Waals surface area contributed by atoms with E-state index in [2.05, 4.69) is 0 Å². The van der Waals surface area contributed by atoms with Gasteiger partial charge in [0.05, 0.1) is 23.0 Å². The molecule has 0 aliphatic heterocycles. The van der Waals surface area contributed by atoms with Crippen LogP contribution < -0.4 is 0 Å². The first-order valence-corrected chi connectivity index (χ1v) is 11.0. The quantitative estimate of drug-likeness (QED) is 0.664. The lowest BCUT2D eigenvalue weighted by Gasteiger charge is -2.39. The minimum absolute atomic E-state index is 0.126. The molecule has 0 unspecified atom stereocenters. The van der Waals surface area contributed by atoms with Gasteiger partial charge in [-0.15, -0.1) is 0 Å². The van der Waals surface area contributed by atoms with Gasteiger partial charge in [-0.1, -0.05) is 60.7 Å². The highest BCUT2D eigenvalue weighted by Crippen LogP contribution is 2.38. The first-order valence-electron chi connectivity index (χ1n) is 11.0. The molecule has 2 N–H and O–H groups in total. The zero-order valence-electron chi connectivity index (χ0n) is 18.7. The molecule has 0 amide bonds. The number of hydrogen-bond acceptors (Lipinski definition) is 6. The summed E-state index contributed by atoms with van der Waals surface area (Å²) in [5.41, 5.74) is 0.635. The van der Waals surface area contributed by atoms with Crippen LogP contribution in [0.3, 0.4) is 0 Å². The van der Waals surface area contributed by atoms with E-state index in [1.807, 2.05) is 60.7 Å². The summed E-state index contributed by atoms with van der Waals surface area (Å²) in [6.07, 6.45) is 2.06. The van der Waals surface area contributed by atoms with Gasteiger partial charge in [0.2, 0.25) is 0 Å². The Labute approximate surface area is 189 Å². The third kappa shape index (κ3) is 7.18. The highest BCUT2D eigenvalue weighted by Gasteiger charge is 2.44. The van der Waals surface area contributed by atoms with Crippen molar-refractivity contribution in [2.24, 2.45) is 11.8 Å². The van der Waals surface area contributed by atoms with Crippen LogP contribution in [-0.2, 0) is 32.3 Å². The third-order valence-corrected chi connectivity index (χ3v) is 5.86. The summed E-state index contributed by atoms with van der Waals surface area (Å²) >= 11 is 0. The fraction of sp³-hybridized carbons (Fsp3) is 0.462. The van der Waals surface area contributed by atoms with Crippen LogP contribution >= 0.6 is 0 Å². The van der Waals surface area contributed by atoms with Gasteiger partial charge in [-0.25, -0.2) is 0 Å². The molecule has 172 valence electrons. The summed E-state index contributed by atoms with van der Waals surface area (Å²) in [5, 5.41) is 19.0. The van der Waals surface area contributed by atoms with Crippen LogP contribution in [0.1, 0.15) is 50.7 Å². The highest BCUT2D eigenvalue weighted by atomic mass is 16.5. The first kappa shape index (κ1) is 24.0. The smallest absolute Gasteiger partial charge is 0.309 e. The minimum atomic E-state index is -0.670. The predicted molar refractivity (Wildman–Crippen MR) is 119 cm³/mol. The van der Waals surface area contributed by atoms with E-state index in [-0.39, 0.29) is 23.8 Å². The van der Waals surface area contributed by atoms with E-state index < -0.39 is 11.2 Å². The predicted octanol–water partition coefficient (Wildman–Crippen LogP) is 3.78. The molecule has 0 spiro atoms. The van der Waals surface area contributed by atoms with E-state index in [9.17, 15) is 19.8 Å². The fourth-order valence-electron chi connectivity index (χ4n) is 4.03. The number of carbonyl (C=O) groups excluding carboxylic acids is 2. The van der Waals surface area contributed by atoms with E-state index in [1.165, 1.54) is 0 Å². The Morgan fingerprint density at radius 3 is 1.31 bits per heavy atom. The van der Waals surface area contributed by atoms with Crippen LogP contribution in [-0.4, -0.2) is 33.4 Å². The van der Waals surface area contributed by atoms with Crippen molar-refractivity contribution in [2.45, 2.75) is 63.9 Å². The van der Waals surface area contributed by atoms with Crippen molar-refractivity contribution in [3.05, 3.63) is 71.8 Å². The number of rotatable bonds is 6. The number of hydrogen-bond donors (Lipinski definition) is 2. The molecule has 0 saturated heterocycles. The topological polar surface area (TPSA) is 93.1 Å². The molecule has 0 aromatic heterocycles. The van der Waals surface area contributed by atoms with Crippen molar-refractivity contribution in [3.63, 3.8) is 0 Å². The Kier molecular flexibility index (Phi) is 7.69. The molecule has 2 fully saturated rings. The van der Waals surface area contributed by atoms with Gasteiger partial charge in [-0.2, -0.15) is 0 Å². The number of benzene rings is 2. The Morgan fingerprint density at radius 1 is 0.719 bits per heavy atom. The maximum atomic E-state index is 11.6. The number of aliphatic hydroxyl groups is 2. The average Bonchev–Trinajstić information content (AvgIpc) is 2.74. The van der Waals surface area contributed by atoms with E-state index in [0.717, 1.165) is 11.1 Å². The zero-order chi connectivity index (χ0) is 23.2. The second-order valence-corrected chi connectivity index (χ2v) is 9.39. The van der Waals surface area contributed by atoms with E-state index in [1.54, 1.807) is 13.8 Å². The summed E-state index contributed by atoms with van der Waals surface area (Å²) < 4.78 is 10.4. The van der Waals surface area contributed by atoms with Crippen LogP contribution in [0.25, 0.3) is 0 Å². The largest absolute Gasteiger partial charge is 0.461 e. The second kappa shape index (κ2) is 10.3. The van der Waals surface area contributed by atoms with E-state index >= 15 is 0 Å². The highest BCUT2D eigenvalue weighted by molar-refractivity contribution is 5.74. The standard InChI is InChI=1S/2C13H16O3/c2*1-13(15)7-11(8-13)12(14)16-9-10-5-3-2-4-6-10/h2*2-6,11,15H,7-9H2,1H3. The van der Waals surface area contributed by atoms with Crippen molar-refractivity contribution in [2.75, 3.05) is 0 Å². The third-order valence-electron chi connectivity index (χ3n) is 5.86. The van der Waals surface area contributed by atoms with Crippen molar-refractivity contribution >= 4 is 11.9 Å². The van der Waals surface area contributed by atoms with Crippen molar-refractivity contribution in [1.29, 1.82) is 0 Å². The molecular formula is C26H32O6. The maximum absolute atomic E-state index is 11.6. The molecule has 4 rings (SSSR count). The Balaban J connectivity index is 0.000000181. The minimum Gasteiger partial charge on any atom is -0.461 e. The number of carbonyl (C=O) groups is 2. The Hall–Kier alpha value is -2.70. The van der Waals surface area contributed by atoms with Crippen molar-refractivity contribution < 1.29 is 29.3 Å². The summed E-state index contributed by atoms with van der Waals surface area (Å²) in [6.45, 7) is 4.12. The Bertz CT molecular complexity index is 800. The zero-order valence-corrected chi connectivity index (χ0v) is 18.7. The molecule has 0 heterocycles. The van der Waals surface area contributed by atoms with Crippen LogP contribution in [0, 0.1) is 11.8 Å². The number of ether oxygens (including phenoxy) is 2. The molecule has 32 heavy (non-hydrogen) atoms. The van der Waals surface area contributed by atoms with Crippen molar-refractivity contribution in [1.82, 2.24) is 0 Å². The molecule has 2 aliphatic carbocycles. The van der Waals surface area contributed by atoms with Gasteiger partial charge in [-0.3, -0.25) is 9.59 Å². The molecule has 0 bridgehead atoms. The van der Waals surface area contributed by atoms with Gasteiger partial charge >= 0.3 is 11.9 Å². The van der Waals surface area contributed by atoms with E-state index in [4.69, 9.17) is 9.47 Å². The normalized spacial score (nSPS) is 28.2.